The zero-order chi connectivity index (χ0) is 13.0. The lowest BCUT2D eigenvalue weighted by Gasteiger charge is -2.11. The highest BCUT2D eigenvalue weighted by atomic mass is 15.2. The first-order chi connectivity index (χ1) is 8.80. The topological polar surface area (TPSA) is 61.6 Å². The Labute approximate surface area is 108 Å². The lowest BCUT2D eigenvalue weighted by Crippen LogP contribution is -2.11. The van der Waals surface area contributed by atoms with Crippen LogP contribution in [0.25, 0.3) is 0 Å². The predicted octanol–water partition coefficient (Wildman–Crippen LogP) is 2.69. The molecule has 1 heterocycles. The van der Waals surface area contributed by atoms with Crippen LogP contribution >= 0.6 is 0 Å². The zero-order valence-corrected chi connectivity index (χ0v) is 11.2. The summed E-state index contributed by atoms with van der Waals surface area (Å²) in [6, 6.07) is 2.28. The molecule has 18 heavy (non-hydrogen) atoms. The van der Waals surface area contributed by atoms with Gasteiger partial charge in [-0.25, -0.2) is 0 Å². The van der Waals surface area contributed by atoms with Gasteiger partial charge in [0.1, 0.15) is 11.6 Å². The summed E-state index contributed by atoms with van der Waals surface area (Å²) in [7, 11) is 0. The molecule has 0 saturated heterocycles. The van der Waals surface area contributed by atoms with Gasteiger partial charge in [0.05, 0.1) is 5.69 Å². The molecule has 1 saturated carbocycles. The maximum Gasteiger partial charge on any atom is 0.166 e. The average molecular weight is 244 g/mol. The Bertz CT molecular complexity index is 458. The van der Waals surface area contributed by atoms with Gasteiger partial charge in [-0.1, -0.05) is 26.7 Å². The largest absolute Gasteiger partial charge is 0.367 e. The average Bonchev–Trinajstić information content (AvgIpc) is 3.21. The molecule has 4 nitrogen and oxygen atoms in total. The van der Waals surface area contributed by atoms with Gasteiger partial charge in [-0.3, -0.25) is 0 Å². The van der Waals surface area contributed by atoms with Gasteiger partial charge in [-0.15, -0.1) is 5.10 Å². The van der Waals surface area contributed by atoms with E-state index in [1.54, 1.807) is 0 Å². The van der Waals surface area contributed by atoms with Crippen molar-refractivity contribution in [1.82, 2.24) is 10.2 Å². The third-order valence-electron chi connectivity index (χ3n) is 3.50. The molecule has 0 atom stereocenters. The van der Waals surface area contributed by atoms with Crippen LogP contribution in [0.15, 0.2) is 0 Å². The minimum Gasteiger partial charge on any atom is -0.367 e. The molecule has 0 aromatic carbocycles. The van der Waals surface area contributed by atoms with Gasteiger partial charge in [-0.2, -0.15) is 10.4 Å². The molecule has 2 rings (SSSR count). The van der Waals surface area contributed by atoms with Gasteiger partial charge in [0.2, 0.25) is 0 Å². The molecule has 1 N–H and O–H groups in total. The van der Waals surface area contributed by atoms with E-state index in [1.165, 1.54) is 19.3 Å². The highest BCUT2D eigenvalue weighted by molar-refractivity contribution is 5.56. The molecule has 0 amide bonds. The molecule has 0 radical (unpaired) electrons. The van der Waals surface area contributed by atoms with Crippen molar-refractivity contribution in [2.45, 2.75) is 46.0 Å². The van der Waals surface area contributed by atoms with Crippen LogP contribution < -0.4 is 5.32 Å². The highest BCUT2D eigenvalue weighted by Gasteiger charge is 2.21. The van der Waals surface area contributed by atoms with E-state index in [1.807, 2.05) is 6.92 Å². The second-order valence-corrected chi connectivity index (χ2v) is 4.83. The van der Waals surface area contributed by atoms with Crippen molar-refractivity contribution in [3.05, 3.63) is 16.8 Å². The van der Waals surface area contributed by atoms with Crippen LogP contribution in [-0.2, 0) is 12.8 Å². The minimum absolute atomic E-state index is 0.659. The molecule has 0 bridgehead atoms. The van der Waals surface area contributed by atoms with Crippen molar-refractivity contribution in [2.75, 3.05) is 11.9 Å². The summed E-state index contributed by atoms with van der Waals surface area (Å²) in [5.41, 5.74) is 2.67. The van der Waals surface area contributed by atoms with E-state index in [0.717, 1.165) is 36.6 Å². The van der Waals surface area contributed by atoms with Crippen LogP contribution in [0.4, 0.5) is 5.82 Å². The van der Waals surface area contributed by atoms with E-state index in [9.17, 15) is 5.26 Å². The number of nitrogens with zero attached hydrogens (tertiary/aromatic N) is 3. The van der Waals surface area contributed by atoms with Crippen molar-refractivity contribution in [3.8, 4) is 6.07 Å². The van der Waals surface area contributed by atoms with E-state index < -0.39 is 0 Å². The summed E-state index contributed by atoms with van der Waals surface area (Å²) in [5, 5.41) is 21.0. The first-order valence-electron chi connectivity index (χ1n) is 6.82. The fraction of sp³-hybridized carbons (Fsp3) is 0.643. The molecule has 1 aromatic rings. The van der Waals surface area contributed by atoms with E-state index in [2.05, 4.69) is 28.5 Å². The SMILES string of the molecule is CCc1nnc(NCCC2CC2)c(C#N)c1CC. The number of aryl methyl sites for hydroxylation is 1. The van der Waals surface area contributed by atoms with E-state index in [-0.39, 0.29) is 0 Å². The second-order valence-electron chi connectivity index (χ2n) is 4.83. The fourth-order valence-corrected chi connectivity index (χ4v) is 2.22. The molecule has 1 aromatic heterocycles. The normalized spacial score (nSPS) is 14.3. The number of hydrogen-bond donors (Lipinski definition) is 1. The molecule has 96 valence electrons. The van der Waals surface area contributed by atoms with Crippen LogP contribution in [0, 0.1) is 17.2 Å². The predicted molar refractivity (Wildman–Crippen MR) is 71.3 cm³/mol. The lowest BCUT2D eigenvalue weighted by molar-refractivity contribution is 0.754. The third kappa shape index (κ3) is 2.79. The van der Waals surface area contributed by atoms with Crippen LogP contribution in [0.2, 0.25) is 0 Å². The quantitative estimate of drug-likeness (QED) is 0.835. The van der Waals surface area contributed by atoms with Crippen molar-refractivity contribution in [3.63, 3.8) is 0 Å². The van der Waals surface area contributed by atoms with Crippen LogP contribution in [0.1, 0.15) is 49.9 Å². The summed E-state index contributed by atoms with van der Waals surface area (Å²) >= 11 is 0. The maximum atomic E-state index is 9.31. The van der Waals surface area contributed by atoms with Crippen LogP contribution in [-0.4, -0.2) is 16.7 Å². The van der Waals surface area contributed by atoms with E-state index >= 15 is 0 Å². The van der Waals surface area contributed by atoms with Crippen LogP contribution in [0.3, 0.4) is 0 Å². The Morgan fingerprint density at radius 3 is 2.61 bits per heavy atom. The van der Waals surface area contributed by atoms with E-state index in [4.69, 9.17) is 0 Å². The first kappa shape index (κ1) is 12.8. The van der Waals surface area contributed by atoms with Crippen molar-refractivity contribution in [2.24, 2.45) is 5.92 Å². The number of rotatable bonds is 6. The Morgan fingerprint density at radius 1 is 1.28 bits per heavy atom. The van der Waals surface area contributed by atoms with Gasteiger partial charge in [0.25, 0.3) is 0 Å². The van der Waals surface area contributed by atoms with Crippen LogP contribution in [0.5, 0.6) is 0 Å². The molecule has 0 unspecified atom stereocenters. The maximum absolute atomic E-state index is 9.31. The molecule has 1 aliphatic carbocycles. The third-order valence-corrected chi connectivity index (χ3v) is 3.50. The molecule has 1 fully saturated rings. The molecular formula is C14H20N4. The number of aromatic nitrogens is 2. The molecule has 1 aliphatic rings. The van der Waals surface area contributed by atoms with Gasteiger partial charge in [0, 0.05) is 6.54 Å². The second kappa shape index (κ2) is 5.81. The fourth-order valence-electron chi connectivity index (χ4n) is 2.22. The Morgan fingerprint density at radius 2 is 2.06 bits per heavy atom. The Balaban J connectivity index is 2.15. The summed E-state index contributed by atoms with van der Waals surface area (Å²) in [6.07, 6.45) is 5.54. The smallest absolute Gasteiger partial charge is 0.166 e. The Kier molecular flexibility index (Phi) is 4.14. The minimum atomic E-state index is 0.659. The van der Waals surface area contributed by atoms with E-state index in [0.29, 0.717) is 11.4 Å². The molecule has 4 heteroatoms. The number of nitrogens with one attached hydrogen (secondary N) is 1. The monoisotopic (exact) mass is 244 g/mol. The van der Waals surface area contributed by atoms with Gasteiger partial charge >= 0.3 is 0 Å². The zero-order valence-electron chi connectivity index (χ0n) is 11.2. The summed E-state index contributed by atoms with van der Waals surface area (Å²) < 4.78 is 0. The number of hydrogen-bond acceptors (Lipinski definition) is 4. The first-order valence-corrected chi connectivity index (χ1v) is 6.82. The molecule has 0 spiro atoms. The lowest BCUT2D eigenvalue weighted by atomic mass is 10.0. The van der Waals surface area contributed by atoms with Crippen molar-refractivity contribution < 1.29 is 0 Å². The standard InChI is InChI=1S/C14H20N4/c1-3-11-12(9-15)14(18-17-13(11)4-2)16-8-7-10-5-6-10/h10H,3-8H2,1-2H3,(H,16,18). The highest BCUT2D eigenvalue weighted by Crippen LogP contribution is 2.32. The number of nitriles is 1. The van der Waals surface area contributed by atoms with Crippen molar-refractivity contribution >= 4 is 5.82 Å². The van der Waals surface area contributed by atoms with Gasteiger partial charge in [-0.05, 0) is 30.7 Å². The van der Waals surface area contributed by atoms with Gasteiger partial charge in [0.15, 0.2) is 5.82 Å². The van der Waals surface area contributed by atoms with Crippen molar-refractivity contribution in [1.29, 1.82) is 5.26 Å². The Hall–Kier alpha value is -1.63. The number of anilines is 1. The summed E-state index contributed by atoms with van der Waals surface area (Å²) in [6.45, 7) is 5.00. The molecular weight excluding hydrogens is 224 g/mol. The van der Waals surface area contributed by atoms with Gasteiger partial charge < -0.3 is 5.32 Å². The molecule has 0 aliphatic heterocycles. The summed E-state index contributed by atoms with van der Waals surface area (Å²) in [4.78, 5) is 0. The summed E-state index contributed by atoms with van der Waals surface area (Å²) in [5.74, 6) is 1.55.